The van der Waals surface area contributed by atoms with E-state index >= 15 is 0 Å². The van der Waals surface area contributed by atoms with Gasteiger partial charge in [0.25, 0.3) is 0 Å². The van der Waals surface area contributed by atoms with Gasteiger partial charge in [-0.1, -0.05) is 60.3 Å². The first kappa shape index (κ1) is 19.6. The van der Waals surface area contributed by atoms with E-state index in [1.807, 2.05) is 59.2 Å². The summed E-state index contributed by atoms with van der Waals surface area (Å²) in [7, 11) is 0. The Bertz CT molecular complexity index is 1610. The Morgan fingerprint density at radius 1 is 0.727 bits per heavy atom. The Labute approximate surface area is 195 Å². The van der Waals surface area contributed by atoms with Crippen LogP contribution in [0, 0.1) is 0 Å². The van der Waals surface area contributed by atoms with Gasteiger partial charge in [0.1, 0.15) is 16.4 Å². The third-order valence-electron chi connectivity index (χ3n) is 5.63. The van der Waals surface area contributed by atoms with E-state index in [2.05, 4.69) is 47.4 Å². The number of benzene rings is 3. The van der Waals surface area contributed by atoms with Gasteiger partial charge in [-0.15, -0.1) is 0 Å². The lowest BCUT2D eigenvalue weighted by molar-refractivity contribution is 0.473. The summed E-state index contributed by atoms with van der Waals surface area (Å²) in [6.07, 6.45) is 1.81. The maximum absolute atomic E-state index is 10.6. The van der Waals surface area contributed by atoms with E-state index in [4.69, 9.17) is 4.98 Å². The number of pyridine rings is 2. The summed E-state index contributed by atoms with van der Waals surface area (Å²) in [5.74, 6) is 0.223. The van der Waals surface area contributed by atoms with E-state index in [-0.39, 0.29) is 5.75 Å². The van der Waals surface area contributed by atoms with Crippen molar-refractivity contribution < 1.29 is 5.11 Å². The predicted octanol–water partition coefficient (Wildman–Crippen LogP) is 7.10. The Hall–Kier alpha value is -4.09. The zero-order valence-corrected chi connectivity index (χ0v) is 18.4. The summed E-state index contributed by atoms with van der Waals surface area (Å²) in [5, 5.41) is 13.7. The number of aromatic nitrogens is 3. The average Bonchev–Trinajstić information content (AvgIpc) is 3.19. The number of hydrogen-bond donors (Lipinski definition) is 1. The molecular weight excluding hydrogens is 426 g/mol. The lowest BCUT2D eigenvalue weighted by Gasteiger charge is -2.10. The summed E-state index contributed by atoms with van der Waals surface area (Å²) in [6, 6.07) is 34.0. The van der Waals surface area contributed by atoms with Gasteiger partial charge in [0.05, 0.1) is 16.9 Å². The monoisotopic (exact) mass is 445 g/mol. The molecule has 0 atom stereocenters. The predicted molar refractivity (Wildman–Crippen MR) is 134 cm³/mol. The van der Waals surface area contributed by atoms with Crippen LogP contribution < -0.4 is 0 Å². The minimum Gasteiger partial charge on any atom is -0.506 e. The summed E-state index contributed by atoms with van der Waals surface area (Å²) in [4.78, 5) is 10.6. The Balaban J connectivity index is 1.52. The molecule has 4 nitrogen and oxygen atoms in total. The number of phenols is 1. The molecule has 158 valence electrons. The maximum Gasteiger partial charge on any atom is 0.146 e. The number of phenolic OH excluding ortho intramolecular Hbond substituents is 1. The molecule has 1 N–H and O–H groups in total. The molecule has 0 aliphatic heterocycles. The van der Waals surface area contributed by atoms with Gasteiger partial charge < -0.3 is 5.11 Å². The normalized spacial score (nSPS) is 11.3. The number of para-hydroxylation sites is 3. The number of hydrogen-bond acceptors (Lipinski definition) is 4. The molecule has 3 heterocycles. The first-order chi connectivity index (χ1) is 16.3. The Morgan fingerprint density at radius 3 is 2.45 bits per heavy atom. The van der Waals surface area contributed by atoms with Crippen LogP contribution in [0.15, 0.2) is 119 Å². The number of rotatable bonds is 4. The van der Waals surface area contributed by atoms with Gasteiger partial charge in [0, 0.05) is 27.4 Å². The zero-order valence-electron chi connectivity index (χ0n) is 17.6. The number of nitrogens with zero attached hydrogens (tertiary/aromatic N) is 3. The van der Waals surface area contributed by atoms with Gasteiger partial charge in [0.2, 0.25) is 0 Å². The van der Waals surface area contributed by atoms with E-state index in [0.29, 0.717) is 5.69 Å². The second-order valence-electron chi connectivity index (χ2n) is 7.71. The molecule has 0 aliphatic carbocycles. The van der Waals surface area contributed by atoms with E-state index in [1.165, 1.54) is 0 Å². The number of fused-ring (bicyclic) bond motifs is 3. The molecule has 0 spiro atoms. The highest BCUT2D eigenvalue weighted by Crippen LogP contribution is 2.36. The fourth-order valence-electron chi connectivity index (χ4n) is 4.14. The lowest BCUT2D eigenvalue weighted by Crippen LogP contribution is -1.96. The van der Waals surface area contributed by atoms with Gasteiger partial charge in [-0.2, -0.15) is 0 Å². The third-order valence-corrected chi connectivity index (χ3v) is 6.57. The molecule has 0 saturated carbocycles. The van der Waals surface area contributed by atoms with Crippen molar-refractivity contribution in [2.75, 3.05) is 0 Å². The molecule has 0 amide bonds. The maximum atomic E-state index is 10.6. The van der Waals surface area contributed by atoms with Crippen molar-refractivity contribution in [1.82, 2.24) is 14.5 Å². The van der Waals surface area contributed by atoms with Crippen molar-refractivity contribution >= 4 is 33.7 Å². The molecule has 6 aromatic rings. The van der Waals surface area contributed by atoms with Gasteiger partial charge in [-0.05, 0) is 54.6 Å². The van der Waals surface area contributed by atoms with Crippen LogP contribution in [-0.2, 0) is 0 Å². The Kier molecular flexibility index (Phi) is 4.82. The number of aromatic hydroxyl groups is 1. The molecule has 0 saturated heterocycles. The molecule has 0 aliphatic rings. The van der Waals surface area contributed by atoms with Gasteiger partial charge in [0.15, 0.2) is 0 Å². The van der Waals surface area contributed by atoms with Crippen LogP contribution >= 0.6 is 11.8 Å². The third kappa shape index (κ3) is 3.52. The summed E-state index contributed by atoms with van der Waals surface area (Å²) in [5.41, 5.74) is 4.46. The largest absolute Gasteiger partial charge is 0.506 e. The van der Waals surface area contributed by atoms with Crippen LogP contribution in [-0.4, -0.2) is 19.6 Å². The second kappa shape index (κ2) is 8.11. The van der Waals surface area contributed by atoms with E-state index in [9.17, 15) is 5.11 Å². The molecule has 3 aromatic heterocycles. The highest BCUT2D eigenvalue weighted by molar-refractivity contribution is 7.99. The fourth-order valence-corrected chi connectivity index (χ4v) is 4.98. The van der Waals surface area contributed by atoms with E-state index < -0.39 is 0 Å². The fraction of sp³-hybridized carbons (Fsp3) is 0. The van der Waals surface area contributed by atoms with Crippen LogP contribution in [0.5, 0.6) is 5.75 Å². The smallest absolute Gasteiger partial charge is 0.146 e. The van der Waals surface area contributed by atoms with E-state index in [1.54, 1.807) is 24.0 Å². The topological polar surface area (TPSA) is 50.9 Å². The molecule has 33 heavy (non-hydrogen) atoms. The highest BCUT2D eigenvalue weighted by Gasteiger charge is 2.16. The summed E-state index contributed by atoms with van der Waals surface area (Å²) < 4.78 is 2.04. The van der Waals surface area contributed by atoms with Crippen molar-refractivity contribution in [3.63, 3.8) is 0 Å². The van der Waals surface area contributed by atoms with Crippen LogP contribution in [0.3, 0.4) is 0 Å². The minimum atomic E-state index is 0.223. The standard InChI is InChI=1S/C28H19N3OS/c32-26-13-4-3-12-25(26)31-24-11-2-1-10-21(24)22-15-16-23(30-28(22)31)19-8-7-9-20(18-19)33-27-14-5-6-17-29-27/h1-18,32H. The molecule has 6 rings (SSSR count). The molecule has 0 bridgehead atoms. The SMILES string of the molecule is Oc1ccccc1-n1c2ccccc2c2ccc(-c3cccc(Sc4ccccn4)c3)nc21. The summed E-state index contributed by atoms with van der Waals surface area (Å²) >= 11 is 1.63. The first-order valence-corrected chi connectivity index (χ1v) is 11.5. The molecular formula is C28H19N3OS. The lowest BCUT2D eigenvalue weighted by atomic mass is 10.1. The van der Waals surface area contributed by atoms with Crippen molar-refractivity contribution in [1.29, 1.82) is 0 Å². The van der Waals surface area contributed by atoms with E-state index in [0.717, 1.165) is 43.1 Å². The van der Waals surface area contributed by atoms with Crippen molar-refractivity contribution in [3.8, 4) is 22.7 Å². The molecule has 3 aromatic carbocycles. The van der Waals surface area contributed by atoms with Gasteiger partial charge in [-0.25, -0.2) is 9.97 Å². The molecule has 0 fully saturated rings. The first-order valence-electron chi connectivity index (χ1n) is 10.7. The molecule has 0 radical (unpaired) electrons. The molecule has 0 unspecified atom stereocenters. The quantitative estimate of drug-likeness (QED) is 0.314. The Morgan fingerprint density at radius 2 is 1.58 bits per heavy atom. The van der Waals surface area contributed by atoms with Crippen LogP contribution in [0.4, 0.5) is 0 Å². The van der Waals surface area contributed by atoms with Gasteiger partial charge >= 0.3 is 0 Å². The summed E-state index contributed by atoms with van der Waals surface area (Å²) in [6.45, 7) is 0. The average molecular weight is 446 g/mol. The van der Waals surface area contributed by atoms with Crippen LogP contribution in [0.1, 0.15) is 0 Å². The van der Waals surface area contributed by atoms with Crippen molar-refractivity contribution in [2.24, 2.45) is 0 Å². The zero-order chi connectivity index (χ0) is 22.2. The van der Waals surface area contributed by atoms with Crippen LogP contribution in [0.25, 0.3) is 38.9 Å². The second-order valence-corrected chi connectivity index (χ2v) is 8.80. The van der Waals surface area contributed by atoms with Crippen molar-refractivity contribution in [3.05, 3.63) is 109 Å². The van der Waals surface area contributed by atoms with Crippen LogP contribution in [0.2, 0.25) is 0 Å². The molecule has 5 heteroatoms. The van der Waals surface area contributed by atoms with Crippen molar-refractivity contribution in [2.45, 2.75) is 9.92 Å². The minimum absolute atomic E-state index is 0.223. The van der Waals surface area contributed by atoms with Gasteiger partial charge in [-0.3, -0.25) is 4.57 Å². The highest BCUT2D eigenvalue weighted by atomic mass is 32.2.